The van der Waals surface area contributed by atoms with Crippen molar-refractivity contribution in [2.24, 2.45) is 11.3 Å². The number of hydrogen-bond acceptors (Lipinski definition) is 1. The predicted molar refractivity (Wildman–Crippen MR) is 114 cm³/mol. The Morgan fingerprint density at radius 3 is 1.64 bits per heavy atom. The van der Waals surface area contributed by atoms with E-state index in [1.807, 2.05) is 0 Å². The molecule has 0 aromatic heterocycles. The maximum Gasteiger partial charge on any atom is 0.143 e. The van der Waals surface area contributed by atoms with E-state index in [9.17, 15) is 0 Å². The van der Waals surface area contributed by atoms with E-state index < -0.39 is 5.60 Å². The molecule has 2 aliphatic carbocycles. The lowest BCUT2D eigenvalue weighted by Crippen LogP contribution is -2.33. The normalized spacial score (nSPS) is 23.4. The topological polar surface area (TPSA) is 9.23 Å². The molecule has 0 amide bonds. The summed E-state index contributed by atoms with van der Waals surface area (Å²) in [6.07, 6.45) is 6.85. The summed E-state index contributed by atoms with van der Waals surface area (Å²) in [5.74, 6) is 0.968. The second-order valence-electron chi connectivity index (χ2n) is 8.53. The van der Waals surface area contributed by atoms with Gasteiger partial charge in [0.15, 0.2) is 0 Å². The number of ether oxygens (including phenoxy) is 1. The van der Waals surface area contributed by atoms with Crippen LogP contribution in [0.15, 0.2) is 91.0 Å². The lowest BCUT2D eigenvalue weighted by Gasteiger charge is -2.36. The monoisotopic (exact) mass is 368 g/mol. The molecular weight excluding hydrogens is 340 g/mol. The van der Waals surface area contributed by atoms with E-state index in [4.69, 9.17) is 4.74 Å². The molecular formula is C27H28O. The average molecular weight is 369 g/mol. The second kappa shape index (κ2) is 7.22. The van der Waals surface area contributed by atoms with Crippen LogP contribution in [0, 0.1) is 11.3 Å². The van der Waals surface area contributed by atoms with Gasteiger partial charge in [-0.1, -0.05) is 97.4 Å². The van der Waals surface area contributed by atoms with Crippen LogP contribution in [0.3, 0.4) is 0 Å². The summed E-state index contributed by atoms with van der Waals surface area (Å²) in [6.45, 7) is 0.801. The van der Waals surface area contributed by atoms with Crippen LogP contribution < -0.4 is 0 Å². The van der Waals surface area contributed by atoms with Crippen molar-refractivity contribution in [3.63, 3.8) is 0 Å². The van der Waals surface area contributed by atoms with Gasteiger partial charge in [-0.2, -0.15) is 0 Å². The molecule has 2 saturated carbocycles. The largest absolute Gasteiger partial charge is 0.361 e. The van der Waals surface area contributed by atoms with Crippen LogP contribution >= 0.6 is 0 Å². The number of hydrogen-bond donors (Lipinski definition) is 0. The number of benzene rings is 3. The fourth-order valence-corrected chi connectivity index (χ4v) is 5.45. The highest BCUT2D eigenvalue weighted by atomic mass is 16.5. The van der Waals surface area contributed by atoms with Crippen LogP contribution in [0.1, 0.15) is 48.8 Å². The molecule has 0 radical (unpaired) electrons. The quantitative estimate of drug-likeness (QED) is 0.428. The van der Waals surface area contributed by atoms with Gasteiger partial charge >= 0.3 is 0 Å². The molecule has 2 aliphatic rings. The molecule has 0 heterocycles. The third-order valence-corrected chi connectivity index (χ3v) is 7.05. The summed E-state index contributed by atoms with van der Waals surface area (Å²) < 4.78 is 6.94. The van der Waals surface area contributed by atoms with Crippen molar-refractivity contribution < 1.29 is 4.74 Å². The highest BCUT2D eigenvalue weighted by Crippen LogP contribution is 2.65. The summed E-state index contributed by atoms with van der Waals surface area (Å²) in [6, 6.07) is 32.2. The predicted octanol–water partition coefficient (Wildman–Crippen LogP) is 6.58. The van der Waals surface area contributed by atoms with Crippen molar-refractivity contribution in [1.29, 1.82) is 0 Å². The molecule has 28 heavy (non-hydrogen) atoms. The van der Waals surface area contributed by atoms with Crippen molar-refractivity contribution in [2.75, 3.05) is 6.61 Å². The van der Waals surface area contributed by atoms with Gasteiger partial charge in [0.05, 0.1) is 0 Å². The molecule has 5 rings (SSSR count). The van der Waals surface area contributed by atoms with Gasteiger partial charge in [0.1, 0.15) is 5.60 Å². The molecule has 0 N–H and O–H groups in total. The Morgan fingerprint density at radius 1 is 0.750 bits per heavy atom. The highest BCUT2D eigenvalue weighted by Gasteiger charge is 2.56. The van der Waals surface area contributed by atoms with Gasteiger partial charge in [-0.25, -0.2) is 0 Å². The fraction of sp³-hybridized carbons (Fsp3) is 0.333. The molecule has 2 atom stereocenters. The van der Waals surface area contributed by atoms with Crippen LogP contribution in [0.5, 0.6) is 0 Å². The van der Waals surface area contributed by atoms with Gasteiger partial charge in [-0.3, -0.25) is 0 Å². The minimum absolute atomic E-state index is 0.566. The molecule has 0 saturated heterocycles. The zero-order valence-electron chi connectivity index (χ0n) is 16.4. The van der Waals surface area contributed by atoms with Crippen LogP contribution in [0.2, 0.25) is 0 Å². The molecule has 142 valence electrons. The summed E-state index contributed by atoms with van der Waals surface area (Å²) in [4.78, 5) is 0. The van der Waals surface area contributed by atoms with Crippen molar-refractivity contribution in [1.82, 2.24) is 0 Å². The third kappa shape index (κ3) is 2.99. The van der Waals surface area contributed by atoms with E-state index in [1.54, 1.807) is 0 Å². The van der Waals surface area contributed by atoms with Gasteiger partial charge in [0.25, 0.3) is 0 Å². The van der Waals surface area contributed by atoms with Gasteiger partial charge in [-0.15, -0.1) is 0 Å². The first-order chi connectivity index (χ1) is 13.8. The maximum absolute atomic E-state index is 6.94. The Bertz CT molecular complexity index is 806. The molecule has 0 bridgehead atoms. The molecule has 1 nitrogen and oxygen atoms in total. The van der Waals surface area contributed by atoms with Crippen molar-refractivity contribution in [2.45, 2.75) is 37.7 Å². The van der Waals surface area contributed by atoms with Crippen LogP contribution in [0.4, 0.5) is 0 Å². The van der Waals surface area contributed by atoms with Crippen LogP contribution in [-0.4, -0.2) is 6.61 Å². The van der Waals surface area contributed by atoms with Crippen LogP contribution in [-0.2, 0) is 10.3 Å². The van der Waals surface area contributed by atoms with Gasteiger partial charge in [-0.05, 0) is 53.7 Å². The zero-order chi connectivity index (χ0) is 18.9. The van der Waals surface area contributed by atoms with Crippen LogP contribution in [0.25, 0.3) is 0 Å². The van der Waals surface area contributed by atoms with Gasteiger partial charge < -0.3 is 4.74 Å². The summed E-state index contributed by atoms with van der Waals surface area (Å²) in [5.41, 5.74) is 3.62. The lowest BCUT2D eigenvalue weighted by molar-refractivity contribution is 0.00334. The molecule has 2 unspecified atom stereocenters. The van der Waals surface area contributed by atoms with Gasteiger partial charge in [0, 0.05) is 6.61 Å². The Morgan fingerprint density at radius 2 is 1.25 bits per heavy atom. The molecule has 0 spiro atoms. The van der Waals surface area contributed by atoms with Crippen molar-refractivity contribution in [3.8, 4) is 0 Å². The minimum atomic E-state index is -0.566. The Hall–Kier alpha value is -2.38. The first-order valence-corrected chi connectivity index (χ1v) is 10.6. The molecule has 2 fully saturated rings. The third-order valence-electron chi connectivity index (χ3n) is 7.05. The Balaban J connectivity index is 1.55. The number of fused-ring (bicyclic) bond motifs is 1. The fourth-order valence-electron chi connectivity index (χ4n) is 5.45. The van der Waals surface area contributed by atoms with E-state index in [0.29, 0.717) is 5.41 Å². The minimum Gasteiger partial charge on any atom is -0.361 e. The first-order valence-electron chi connectivity index (χ1n) is 10.6. The highest BCUT2D eigenvalue weighted by molar-refractivity contribution is 5.47. The summed E-state index contributed by atoms with van der Waals surface area (Å²) >= 11 is 0. The van der Waals surface area contributed by atoms with Gasteiger partial charge in [0.2, 0.25) is 0 Å². The standard InChI is InChI=1S/C27H28O/c1-4-11-22(12-5-1)27(23-13-6-2-7-14-23,24-15-8-3-9-16-24)28-20-19-26-18-10-17-25(26)21-26/h1-9,11-16,25H,10,17-21H2. The maximum atomic E-state index is 6.94. The molecule has 3 aromatic rings. The Labute approximate surface area is 168 Å². The van der Waals surface area contributed by atoms with E-state index in [0.717, 1.165) is 12.5 Å². The van der Waals surface area contributed by atoms with Crippen molar-refractivity contribution >= 4 is 0 Å². The van der Waals surface area contributed by atoms with E-state index in [-0.39, 0.29) is 0 Å². The smallest absolute Gasteiger partial charge is 0.143 e. The molecule has 0 aliphatic heterocycles. The second-order valence-corrected chi connectivity index (χ2v) is 8.53. The number of rotatable bonds is 7. The van der Waals surface area contributed by atoms with E-state index in [1.165, 1.54) is 48.8 Å². The molecule has 3 aromatic carbocycles. The summed E-state index contributed by atoms with van der Waals surface area (Å²) in [7, 11) is 0. The van der Waals surface area contributed by atoms with E-state index in [2.05, 4.69) is 91.0 Å². The summed E-state index contributed by atoms with van der Waals surface area (Å²) in [5, 5.41) is 0. The zero-order valence-corrected chi connectivity index (χ0v) is 16.4. The van der Waals surface area contributed by atoms with E-state index >= 15 is 0 Å². The first kappa shape index (κ1) is 17.7. The Kier molecular flexibility index (Phi) is 4.56. The van der Waals surface area contributed by atoms with Crippen molar-refractivity contribution in [3.05, 3.63) is 108 Å². The lowest BCUT2D eigenvalue weighted by atomic mass is 9.80. The SMILES string of the molecule is c1ccc(C(OCCC23CCCC2C3)(c2ccccc2)c2ccccc2)cc1. The molecule has 1 heteroatoms. The average Bonchev–Trinajstić information content (AvgIpc) is 3.32.